The van der Waals surface area contributed by atoms with Gasteiger partial charge in [-0.25, -0.2) is 4.98 Å². The van der Waals surface area contributed by atoms with Crippen LogP contribution in [0.5, 0.6) is 11.5 Å². The number of nitrogens with zero attached hydrogens (tertiary/aromatic N) is 4. The number of hydrogen-bond donors (Lipinski definition) is 0. The summed E-state index contributed by atoms with van der Waals surface area (Å²) in [6.07, 6.45) is 3.89. The van der Waals surface area contributed by atoms with E-state index in [1.54, 1.807) is 0 Å². The number of para-hydroxylation sites is 1. The molecule has 370 valence electrons. The standard InChI is InChI=1S/C69H68N4O/c1-67(2,3)53-31-29-49(61(42-53)52-38-51(48-22-14-11-15-23-48)39-55(40-52)69(7,8)9)24-19-37-71-46-72(65-41-50(30-34-63(65)71)47-20-12-10-13-21-47)56-25-18-26-57(44-56)74-58-32-33-60-59-27-16-17-28-62(59)73(64(60)45-58)66-43-54(35-36-70-66)68(4,5)6/h10-18,20-23,25-36,38-45H,19,24,37,46H2,1-9H3. The van der Waals surface area contributed by atoms with Crippen LogP contribution in [0.15, 0.2) is 200 Å². The van der Waals surface area contributed by atoms with Crippen molar-refractivity contribution in [2.24, 2.45) is 0 Å². The van der Waals surface area contributed by atoms with Gasteiger partial charge in [-0.1, -0.05) is 184 Å². The quantitative estimate of drug-likeness (QED) is 0.129. The van der Waals surface area contributed by atoms with Crippen molar-refractivity contribution in [3.8, 4) is 50.7 Å². The molecule has 0 bridgehead atoms. The molecule has 3 heterocycles. The van der Waals surface area contributed by atoms with Gasteiger partial charge in [-0.15, -0.1) is 0 Å². The highest BCUT2D eigenvalue weighted by Gasteiger charge is 2.29. The molecule has 0 fully saturated rings. The van der Waals surface area contributed by atoms with Gasteiger partial charge in [0, 0.05) is 41.3 Å². The zero-order valence-electron chi connectivity index (χ0n) is 44.6. The van der Waals surface area contributed by atoms with Crippen LogP contribution in [0.3, 0.4) is 0 Å². The molecule has 1 aliphatic rings. The summed E-state index contributed by atoms with van der Waals surface area (Å²) in [4.78, 5) is 9.93. The summed E-state index contributed by atoms with van der Waals surface area (Å²) in [7, 11) is 0. The number of aromatic nitrogens is 2. The van der Waals surface area contributed by atoms with Crippen molar-refractivity contribution >= 4 is 38.9 Å². The molecule has 1 aliphatic heterocycles. The Morgan fingerprint density at radius 3 is 1.86 bits per heavy atom. The van der Waals surface area contributed by atoms with Crippen molar-refractivity contribution in [1.82, 2.24) is 9.55 Å². The van der Waals surface area contributed by atoms with E-state index in [0.717, 1.165) is 65.5 Å². The van der Waals surface area contributed by atoms with Crippen LogP contribution in [0.25, 0.3) is 61.0 Å². The predicted octanol–water partition coefficient (Wildman–Crippen LogP) is 18.4. The monoisotopic (exact) mass is 969 g/mol. The molecule has 5 heteroatoms. The first-order chi connectivity index (χ1) is 35.5. The lowest BCUT2D eigenvalue weighted by Crippen LogP contribution is -2.29. The zero-order valence-corrected chi connectivity index (χ0v) is 44.6. The van der Waals surface area contributed by atoms with E-state index in [1.165, 1.54) is 72.4 Å². The Morgan fingerprint density at radius 1 is 0.459 bits per heavy atom. The van der Waals surface area contributed by atoms with Gasteiger partial charge < -0.3 is 14.5 Å². The van der Waals surface area contributed by atoms with E-state index in [0.29, 0.717) is 0 Å². The lowest BCUT2D eigenvalue weighted by Gasteiger charge is -2.25. The SMILES string of the molecule is CC(C)(C)c1cc(-c2ccccc2)cc(-c2cc(C(C)(C)C)ccc2CCCN2CN(c3cccc(Oc4ccc5c6ccccc6n(-c6cc(C(C)(C)C)ccn6)c5c4)c3)c3cc(-c4ccccc4)ccc32)c1. The van der Waals surface area contributed by atoms with E-state index in [1.807, 2.05) is 6.20 Å². The average Bonchev–Trinajstić information content (AvgIpc) is 3.94. The van der Waals surface area contributed by atoms with Crippen LogP contribution in [0.4, 0.5) is 17.1 Å². The van der Waals surface area contributed by atoms with Gasteiger partial charge >= 0.3 is 0 Å². The third-order valence-corrected chi connectivity index (χ3v) is 14.9. The Kier molecular flexibility index (Phi) is 12.5. The molecule has 0 unspecified atom stereocenters. The Bertz CT molecular complexity index is 3660. The highest BCUT2D eigenvalue weighted by molar-refractivity contribution is 6.09. The average molecular weight is 969 g/mol. The number of rotatable bonds is 11. The van der Waals surface area contributed by atoms with E-state index in [-0.39, 0.29) is 16.2 Å². The lowest BCUT2D eigenvalue weighted by atomic mass is 9.80. The first-order valence-corrected chi connectivity index (χ1v) is 26.4. The molecule has 0 radical (unpaired) electrons. The number of fused-ring (bicyclic) bond motifs is 4. The first-order valence-electron chi connectivity index (χ1n) is 26.4. The van der Waals surface area contributed by atoms with Crippen LogP contribution >= 0.6 is 0 Å². The molecule has 0 spiro atoms. The smallest absolute Gasteiger partial charge is 0.137 e. The van der Waals surface area contributed by atoms with Crippen molar-refractivity contribution in [3.05, 3.63) is 223 Å². The summed E-state index contributed by atoms with van der Waals surface area (Å²) in [6.45, 7) is 22.3. The topological polar surface area (TPSA) is 33.5 Å². The molecule has 0 N–H and O–H groups in total. The molecule has 0 atom stereocenters. The molecule has 0 aliphatic carbocycles. The van der Waals surface area contributed by atoms with Gasteiger partial charge in [-0.3, -0.25) is 4.57 Å². The number of pyridine rings is 1. The highest BCUT2D eigenvalue weighted by atomic mass is 16.5. The first kappa shape index (κ1) is 48.4. The fourth-order valence-electron chi connectivity index (χ4n) is 10.7. The normalized spacial score (nSPS) is 13.0. The third-order valence-electron chi connectivity index (χ3n) is 14.9. The summed E-state index contributed by atoms with van der Waals surface area (Å²) in [6, 6.07) is 71.0. The molecule has 0 amide bonds. The van der Waals surface area contributed by atoms with Gasteiger partial charge in [-0.2, -0.15) is 0 Å². The maximum atomic E-state index is 6.83. The van der Waals surface area contributed by atoms with Crippen LogP contribution < -0.4 is 14.5 Å². The van der Waals surface area contributed by atoms with Crippen molar-refractivity contribution < 1.29 is 4.74 Å². The molecule has 5 nitrogen and oxygen atoms in total. The minimum Gasteiger partial charge on any atom is -0.457 e. The fraction of sp³-hybridized carbons (Fsp3) is 0.232. The molecule has 74 heavy (non-hydrogen) atoms. The Labute approximate surface area is 438 Å². The second kappa shape index (κ2) is 19.2. The van der Waals surface area contributed by atoms with E-state index in [4.69, 9.17) is 9.72 Å². The molecular weight excluding hydrogens is 901 g/mol. The van der Waals surface area contributed by atoms with Crippen LogP contribution in [-0.4, -0.2) is 22.8 Å². The number of hydrogen-bond acceptors (Lipinski definition) is 4. The van der Waals surface area contributed by atoms with E-state index >= 15 is 0 Å². The minimum atomic E-state index is -0.0114. The number of aryl methyl sites for hydroxylation is 1. The molecule has 2 aromatic heterocycles. The van der Waals surface area contributed by atoms with Crippen molar-refractivity contribution in [1.29, 1.82) is 0 Å². The number of anilines is 3. The second-order valence-electron chi connectivity index (χ2n) is 23.3. The number of benzene rings is 8. The van der Waals surface area contributed by atoms with Crippen molar-refractivity contribution in [3.63, 3.8) is 0 Å². The molecule has 10 aromatic rings. The molecule has 11 rings (SSSR count). The summed E-state index contributed by atoms with van der Waals surface area (Å²) in [5.41, 5.74) is 18.6. The third kappa shape index (κ3) is 9.72. The lowest BCUT2D eigenvalue weighted by molar-refractivity contribution is 0.483. The van der Waals surface area contributed by atoms with Gasteiger partial charge in [-0.05, 0) is 145 Å². The molecule has 0 saturated heterocycles. The fourth-order valence-corrected chi connectivity index (χ4v) is 10.7. The van der Waals surface area contributed by atoms with Crippen LogP contribution in [0.2, 0.25) is 0 Å². The molecular formula is C69H68N4O. The van der Waals surface area contributed by atoms with Crippen molar-refractivity contribution in [2.75, 3.05) is 23.0 Å². The van der Waals surface area contributed by atoms with Gasteiger partial charge in [0.25, 0.3) is 0 Å². The van der Waals surface area contributed by atoms with Gasteiger partial charge in [0.2, 0.25) is 0 Å². The molecule has 0 saturated carbocycles. The van der Waals surface area contributed by atoms with Gasteiger partial charge in [0.1, 0.15) is 17.3 Å². The largest absolute Gasteiger partial charge is 0.457 e. The molecule has 8 aromatic carbocycles. The van der Waals surface area contributed by atoms with Crippen LogP contribution in [-0.2, 0) is 22.7 Å². The Hall–Kier alpha value is -7.89. The zero-order chi connectivity index (χ0) is 51.4. The second-order valence-corrected chi connectivity index (χ2v) is 23.3. The van der Waals surface area contributed by atoms with Crippen LogP contribution in [0.1, 0.15) is 91.0 Å². The Morgan fingerprint density at radius 2 is 1.12 bits per heavy atom. The van der Waals surface area contributed by atoms with Gasteiger partial charge in [0.15, 0.2) is 0 Å². The summed E-state index contributed by atoms with van der Waals surface area (Å²) >= 11 is 0. The van der Waals surface area contributed by atoms with Gasteiger partial charge in [0.05, 0.1) is 29.1 Å². The highest BCUT2D eigenvalue weighted by Crippen LogP contribution is 2.45. The maximum absolute atomic E-state index is 6.83. The van der Waals surface area contributed by atoms with Crippen LogP contribution in [0, 0.1) is 0 Å². The summed E-state index contributed by atoms with van der Waals surface area (Å²) < 4.78 is 9.11. The maximum Gasteiger partial charge on any atom is 0.137 e. The van der Waals surface area contributed by atoms with E-state index < -0.39 is 0 Å². The van der Waals surface area contributed by atoms with Crippen molar-refractivity contribution in [2.45, 2.75) is 91.4 Å². The van der Waals surface area contributed by atoms with E-state index in [9.17, 15) is 0 Å². The summed E-state index contributed by atoms with van der Waals surface area (Å²) in [5.74, 6) is 2.46. The minimum absolute atomic E-state index is 0.00338. The summed E-state index contributed by atoms with van der Waals surface area (Å²) in [5, 5.41) is 2.35. The van der Waals surface area contributed by atoms with E-state index in [2.05, 4.69) is 271 Å². The number of ether oxygens (including phenoxy) is 1. The Balaban J connectivity index is 0.906. The predicted molar refractivity (Wildman–Crippen MR) is 313 cm³/mol.